The highest BCUT2D eigenvalue weighted by atomic mass is 16.4. The third-order valence-electron chi connectivity index (χ3n) is 6.26. The lowest BCUT2D eigenvalue weighted by Gasteiger charge is -2.11. The number of hydrogen-bond donors (Lipinski definition) is 2. The van der Waals surface area contributed by atoms with Crippen LogP contribution < -0.4 is 21.9 Å². The van der Waals surface area contributed by atoms with Crippen LogP contribution in [0.15, 0.2) is 91.5 Å². The molecule has 8 heteroatoms. The predicted octanol–water partition coefficient (Wildman–Crippen LogP) is 5.30. The third kappa shape index (κ3) is 3.82. The van der Waals surface area contributed by atoms with E-state index in [-0.39, 0.29) is 0 Å². The minimum atomic E-state index is -0.408. The molecule has 0 amide bonds. The zero-order valence-corrected chi connectivity index (χ0v) is 19.3. The smallest absolute Gasteiger partial charge is 0.347 e. The summed E-state index contributed by atoms with van der Waals surface area (Å²) < 4.78 is 11.0. The summed E-state index contributed by atoms with van der Waals surface area (Å²) in [6, 6.07) is 18.6. The van der Waals surface area contributed by atoms with Crippen molar-refractivity contribution in [1.29, 1.82) is 0 Å². The molecule has 0 aliphatic rings. The standard InChI is InChI=1S/C28H22N4O4/c33-27-23-19(17-7-1-3-9-21(17)35-27)11-15-31-25(23)29-13-5-6-14-30-26-24-20(12-16-32-26)18-8-2-4-10-22(18)36-28(24)34/h1-4,7-12,15-16H,5-6,13-14H2,(H,29,31)(H,30,32). The Morgan fingerprint density at radius 2 is 1.03 bits per heavy atom. The minimum Gasteiger partial charge on any atom is -0.422 e. The summed E-state index contributed by atoms with van der Waals surface area (Å²) in [5, 5.41) is 10.8. The van der Waals surface area contributed by atoms with Gasteiger partial charge in [0.05, 0.1) is 0 Å². The molecule has 8 nitrogen and oxygen atoms in total. The lowest BCUT2D eigenvalue weighted by Crippen LogP contribution is -2.12. The third-order valence-corrected chi connectivity index (χ3v) is 6.26. The van der Waals surface area contributed by atoms with Crippen LogP contribution in [0.3, 0.4) is 0 Å². The lowest BCUT2D eigenvalue weighted by atomic mass is 10.1. The topological polar surface area (TPSA) is 110 Å². The van der Waals surface area contributed by atoms with Gasteiger partial charge < -0.3 is 19.5 Å². The van der Waals surface area contributed by atoms with Crippen LogP contribution in [-0.4, -0.2) is 23.1 Å². The van der Waals surface area contributed by atoms with E-state index in [1.807, 2.05) is 48.5 Å². The van der Waals surface area contributed by atoms with Gasteiger partial charge in [0.2, 0.25) is 0 Å². The van der Waals surface area contributed by atoms with E-state index in [0.717, 1.165) is 34.4 Å². The molecular weight excluding hydrogens is 456 g/mol. The molecule has 0 saturated heterocycles. The van der Waals surface area contributed by atoms with Gasteiger partial charge >= 0.3 is 11.3 Å². The molecule has 6 aromatic rings. The van der Waals surface area contributed by atoms with E-state index in [1.54, 1.807) is 24.5 Å². The van der Waals surface area contributed by atoms with Crippen molar-refractivity contribution in [2.75, 3.05) is 23.7 Å². The van der Waals surface area contributed by atoms with Crippen LogP contribution in [0.5, 0.6) is 0 Å². The van der Waals surface area contributed by atoms with E-state index in [1.165, 1.54) is 0 Å². The zero-order valence-electron chi connectivity index (χ0n) is 19.3. The zero-order chi connectivity index (χ0) is 24.5. The van der Waals surface area contributed by atoms with Crippen molar-refractivity contribution in [3.8, 4) is 0 Å². The van der Waals surface area contributed by atoms with Crippen LogP contribution in [-0.2, 0) is 0 Å². The molecule has 0 aliphatic carbocycles. The molecule has 0 radical (unpaired) electrons. The van der Waals surface area contributed by atoms with Gasteiger partial charge in [0.15, 0.2) is 0 Å². The number of fused-ring (bicyclic) bond motifs is 6. The molecule has 0 aliphatic heterocycles. The van der Waals surface area contributed by atoms with Crippen molar-refractivity contribution in [3.63, 3.8) is 0 Å². The predicted molar refractivity (Wildman–Crippen MR) is 142 cm³/mol. The lowest BCUT2D eigenvalue weighted by molar-refractivity contribution is 0.569. The van der Waals surface area contributed by atoms with E-state index in [0.29, 0.717) is 46.7 Å². The second-order valence-electron chi connectivity index (χ2n) is 8.50. The van der Waals surface area contributed by atoms with Crippen LogP contribution in [0, 0.1) is 0 Å². The summed E-state index contributed by atoms with van der Waals surface area (Å²) in [7, 11) is 0. The number of aromatic nitrogens is 2. The fourth-order valence-electron chi connectivity index (χ4n) is 4.58. The molecule has 0 spiro atoms. The Hall–Kier alpha value is -4.72. The molecule has 0 fully saturated rings. The van der Waals surface area contributed by atoms with Gasteiger partial charge in [0.1, 0.15) is 33.6 Å². The first-order chi connectivity index (χ1) is 17.7. The average molecular weight is 479 g/mol. The molecule has 6 rings (SSSR count). The number of unbranched alkanes of at least 4 members (excludes halogenated alkanes) is 1. The van der Waals surface area contributed by atoms with E-state index >= 15 is 0 Å². The largest absolute Gasteiger partial charge is 0.422 e. The molecule has 4 aromatic heterocycles. The highest BCUT2D eigenvalue weighted by Gasteiger charge is 2.13. The Morgan fingerprint density at radius 3 is 1.50 bits per heavy atom. The number of hydrogen-bond acceptors (Lipinski definition) is 8. The van der Waals surface area contributed by atoms with E-state index in [9.17, 15) is 9.59 Å². The van der Waals surface area contributed by atoms with Crippen LogP contribution >= 0.6 is 0 Å². The molecule has 2 N–H and O–H groups in total. The molecule has 0 atom stereocenters. The van der Waals surface area contributed by atoms with Crippen LogP contribution in [0.4, 0.5) is 11.6 Å². The average Bonchev–Trinajstić information content (AvgIpc) is 2.90. The number of nitrogens with zero attached hydrogens (tertiary/aromatic N) is 2. The van der Waals surface area contributed by atoms with Crippen LogP contribution in [0.25, 0.3) is 43.5 Å². The van der Waals surface area contributed by atoms with Gasteiger partial charge in [0, 0.05) is 47.0 Å². The molecule has 4 heterocycles. The van der Waals surface area contributed by atoms with Gasteiger partial charge in [-0.15, -0.1) is 0 Å². The Labute approximate surface area is 204 Å². The van der Waals surface area contributed by atoms with Crippen LogP contribution in [0.2, 0.25) is 0 Å². The number of nitrogens with one attached hydrogen (secondary N) is 2. The van der Waals surface area contributed by atoms with Gasteiger partial charge in [-0.2, -0.15) is 0 Å². The van der Waals surface area contributed by atoms with Crippen molar-refractivity contribution in [1.82, 2.24) is 9.97 Å². The molecule has 178 valence electrons. The van der Waals surface area contributed by atoms with Gasteiger partial charge in [-0.1, -0.05) is 36.4 Å². The second-order valence-corrected chi connectivity index (χ2v) is 8.50. The maximum atomic E-state index is 12.6. The fraction of sp³-hybridized carbons (Fsp3) is 0.143. The molecular formula is C28H22N4O4. The number of anilines is 2. The molecule has 0 unspecified atom stereocenters. The Kier molecular flexibility index (Phi) is 5.53. The van der Waals surface area contributed by atoms with E-state index in [4.69, 9.17) is 8.83 Å². The summed E-state index contributed by atoms with van der Waals surface area (Å²) in [6.45, 7) is 1.24. The van der Waals surface area contributed by atoms with Crippen LogP contribution in [0.1, 0.15) is 12.8 Å². The number of para-hydroxylation sites is 2. The first kappa shape index (κ1) is 21.8. The van der Waals surface area contributed by atoms with Crippen molar-refractivity contribution >= 4 is 55.1 Å². The van der Waals surface area contributed by atoms with E-state index < -0.39 is 11.3 Å². The van der Waals surface area contributed by atoms with Gasteiger partial charge in [-0.05, 0) is 37.1 Å². The van der Waals surface area contributed by atoms with Crippen molar-refractivity contribution in [3.05, 3.63) is 93.9 Å². The normalized spacial score (nSPS) is 11.4. The monoisotopic (exact) mass is 478 g/mol. The number of benzene rings is 2. The maximum Gasteiger partial charge on any atom is 0.347 e. The fourth-order valence-corrected chi connectivity index (χ4v) is 4.58. The Balaban J connectivity index is 1.14. The number of pyridine rings is 2. The number of rotatable bonds is 7. The van der Waals surface area contributed by atoms with Gasteiger partial charge in [-0.25, -0.2) is 19.6 Å². The molecule has 2 aromatic carbocycles. The van der Waals surface area contributed by atoms with Crippen molar-refractivity contribution in [2.45, 2.75) is 12.8 Å². The Morgan fingerprint density at radius 1 is 0.583 bits per heavy atom. The molecule has 0 bridgehead atoms. The molecule has 0 saturated carbocycles. The minimum absolute atomic E-state index is 0.408. The SMILES string of the molecule is O=c1oc2ccccc2c2ccnc(NCCCCNc3nccc4c3c(=O)oc3ccccc34)c12. The maximum absolute atomic E-state index is 12.6. The Bertz CT molecular complexity index is 1720. The summed E-state index contributed by atoms with van der Waals surface area (Å²) in [6.07, 6.45) is 5.01. The summed E-state index contributed by atoms with van der Waals surface area (Å²) in [5.41, 5.74) is 0.299. The second kappa shape index (κ2) is 9.14. The molecule has 36 heavy (non-hydrogen) atoms. The highest BCUT2D eigenvalue weighted by molar-refractivity contribution is 6.08. The van der Waals surface area contributed by atoms with Crippen molar-refractivity contribution < 1.29 is 8.83 Å². The van der Waals surface area contributed by atoms with E-state index in [2.05, 4.69) is 20.6 Å². The van der Waals surface area contributed by atoms with Gasteiger partial charge in [0.25, 0.3) is 0 Å². The highest BCUT2D eigenvalue weighted by Crippen LogP contribution is 2.27. The summed E-state index contributed by atoms with van der Waals surface area (Å²) >= 11 is 0. The quantitative estimate of drug-likeness (QED) is 0.181. The van der Waals surface area contributed by atoms with Gasteiger partial charge in [-0.3, -0.25) is 0 Å². The summed E-state index contributed by atoms with van der Waals surface area (Å²) in [5.74, 6) is 1.03. The first-order valence-corrected chi connectivity index (χ1v) is 11.8. The first-order valence-electron chi connectivity index (χ1n) is 11.8. The van der Waals surface area contributed by atoms with Crippen molar-refractivity contribution in [2.24, 2.45) is 0 Å². The summed E-state index contributed by atoms with van der Waals surface area (Å²) in [4.78, 5) is 34.0.